The molecule has 3 N–H and O–H groups in total. The summed E-state index contributed by atoms with van der Waals surface area (Å²) in [6, 6.07) is 31.1. The molecule has 4 aromatic carbocycles. The third-order valence-corrected chi connectivity index (χ3v) is 16.6. The number of carbonyl (C=O) groups is 7. The number of aliphatic hydroxyl groups is 2. The Hall–Kier alpha value is -6.08. The molecule has 1 heterocycles. The molecule has 11 atom stereocenters. The minimum atomic E-state index is -2.54. The normalized spacial score (nSPS) is 29.0. The van der Waals surface area contributed by atoms with Crippen LogP contribution in [0.4, 0.5) is 0 Å². The molecule has 0 radical (unpaired) electrons. The van der Waals surface area contributed by atoms with Gasteiger partial charge in [0, 0.05) is 42.6 Å². The number of nitrogens with one attached hydrogen (secondary N) is 1. The lowest BCUT2D eigenvalue weighted by atomic mass is 9.44. The topological polar surface area (TPSA) is 227 Å². The number of carbonyl (C=O) groups excluding carboxylic acids is 7. The lowest BCUT2D eigenvalue weighted by molar-refractivity contribution is -0.346. The van der Waals surface area contributed by atoms with Crippen molar-refractivity contribution in [1.82, 2.24) is 5.32 Å². The fourth-order valence-corrected chi connectivity index (χ4v) is 12.7. The molecule has 1 aliphatic heterocycles. The van der Waals surface area contributed by atoms with Crippen LogP contribution >= 0.6 is 35.0 Å². The molecule has 8 rings (SSSR count). The largest absolute Gasteiger partial charge is 0.459 e. The molecule has 2 saturated carbocycles. The van der Waals surface area contributed by atoms with Gasteiger partial charge < -0.3 is 44.0 Å². The number of amides is 1. The van der Waals surface area contributed by atoms with Crippen molar-refractivity contribution in [2.45, 2.75) is 117 Å². The molecule has 16 nitrogen and oxygen atoms in total. The number of thioether (sulfide) groups is 1. The second-order valence-corrected chi connectivity index (χ2v) is 22.0. The SMILES string of the molecule is CC(=O)O[C@](Sc1ccccc1)(C(=O)O[C@H]1C[C@@]2(O)[C@@H](OC(=O)c3ccccc3)C3[C@](C)(C(=O)[C@H](O)C(=C1C)C2(C)C)[C@@H](OC(=O)C(Cl)Cl)C[C@H]1OC[C@@]31OC(C)=O)[C@@H](NC(=O)c1ccccc1)c1ccccc1. The highest BCUT2D eigenvalue weighted by Crippen LogP contribution is 2.65. The zero-order valence-electron chi connectivity index (χ0n) is 41.2. The van der Waals surface area contributed by atoms with E-state index in [9.17, 15) is 34.2 Å². The Kier molecular flexibility index (Phi) is 15.3. The minimum Gasteiger partial charge on any atom is -0.459 e. The van der Waals surface area contributed by atoms with Crippen molar-refractivity contribution < 1.29 is 72.2 Å². The lowest BCUT2D eigenvalue weighted by Crippen LogP contribution is -2.82. The van der Waals surface area contributed by atoms with Crippen LogP contribution in [0.3, 0.4) is 0 Å². The number of esters is 5. The Bertz CT molecular complexity index is 2860. The number of ketones is 1. The summed E-state index contributed by atoms with van der Waals surface area (Å²) in [6.45, 7) is 7.69. The van der Waals surface area contributed by atoms with Crippen molar-refractivity contribution in [2.75, 3.05) is 6.61 Å². The summed E-state index contributed by atoms with van der Waals surface area (Å²) in [6.07, 6.45) is -9.47. The Morgan fingerprint density at radius 2 is 1.36 bits per heavy atom. The number of Topliss-reactive ketones (excluding diaryl/α,β-unsaturated/α-hetero) is 1. The van der Waals surface area contributed by atoms with Crippen LogP contribution < -0.4 is 5.32 Å². The van der Waals surface area contributed by atoms with E-state index in [0.717, 1.165) is 25.6 Å². The molecule has 1 saturated heterocycles. The number of benzene rings is 4. The van der Waals surface area contributed by atoms with E-state index in [0.29, 0.717) is 10.5 Å². The number of alkyl halides is 2. The van der Waals surface area contributed by atoms with Crippen molar-refractivity contribution in [1.29, 1.82) is 0 Å². The fourth-order valence-electron chi connectivity index (χ4n) is 11.4. The highest BCUT2D eigenvalue weighted by molar-refractivity contribution is 8.01. The Balaban J connectivity index is 1.35. The van der Waals surface area contributed by atoms with E-state index in [1.165, 1.54) is 39.8 Å². The van der Waals surface area contributed by atoms with E-state index in [1.807, 2.05) is 0 Å². The average Bonchev–Trinajstić information content (AvgIpc) is 3.36. The second kappa shape index (κ2) is 20.9. The summed E-state index contributed by atoms with van der Waals surface area (Å²) < 4.78 is 37.4. The maximum Gasteiger partial charge on any atom is 0.365 e. The molecule has 0 spiro atoms. The molecule has 390 valence electrons. The van der Waals surface area contributed by atoms with E-state index in [1.54, 1.807) is 109 Å². The smallest absolute Gasteiger partial charge is 0.365 e. The molecule has 2 bridgehead atoms. The van der Waals surface area contributed by atoms with Crippen molar-refractivity contribution in [3.8, 4) is 0 Å². The fraction of sp³-hybridized carbons (Fsp3) is 0.400. The van der Waals surface area contributed by atoms with Gasteiger partial charge in [-0.1, -0.05) is 134 Å². The van der Waals surface area contributed by atoms with E-state index >= 15 is 9.59 Å². The van der Waals surface area contributed by atoms with Crippen LogP contribution in [0, 0.1) is 16.7 Å². The first-order valence-corrected chi connectivity index (χ1v) is 25.5. The first kappa shape index (κ1) is 54.2. The van der Waals surface area contributed by atoms with E-state index in [-0.39, 0.29) is 28.7 Å². The summed E-state index contributed by atoms with van der Waals surface area (Å²) in [5, 5.41) is 29.8. The third kappa shape index (κ3) is 9.51. The molecule has 3 fully saturated rings. The van der Waals surface area contributed by atoms with Gasteiger partial charge in [-0.3, -0.25) is 19.2 Å². The van der Waals surface area contributed by atoms with Crippen molar-refractivity contribution in [3.63, 3.8) is 0 Å². The quantitative estimate of drug-likeness (QED) is 0.0283. The van der Waals surface area contributed by atoms with Gasteiger partial charge in [0.2, 0.25) is 4.84 Å². The van der Waals surface area contributed by atoms with Crippen molar-refractivity contribution in [2.24, 2.45) is 16.7 Å². The van der Waals surface area contributed by atoms with Gasteiger partial charge in [0.1, 0.15) is 42.2 Å². The maximum atomic E-state index is 15.9. The number of aliphatic hydroxyl groups excluding tert-OH is 1. The summed E-state index contributed by atoms with van der Waals surface area (Å²) in [4.78, 5) is 96.9. The number of halogens is 2. The molecule has 0 aromatic heterocycles. The van der Waals surface area contributed by atoms with Crippen molar-refractivity contribution in [3.05, 3.63) is 149 Å². The Labute approximate surface area is 441 Å². The monoisotopic (exact) mass is 1070 g/mol. The zero-order valence-corrected chi connectivity index (χ0v) is 43.5. The van der Waals surface area contributed by atoms with Crippen LogP contribution in [-0.4, -0.2) is 110 Å². The second-order valence-electron chi connectivity index (χ2n) is 19.6. The number of fused-ring (bicyclic) bond motifs is 5. The van der Waals surface area contributed by atoms with E-state index < -0.39 is 129 Å². The van der Waals surface area contributed by atoms with Gasteiger partial charge in [-0.05, 0) is 67.0 Å². The first-order chi connectivity index (χ1) is 35.0. The summed E-state index contributed by atoms with van der Waals surface area (Å²) in [5.74, 6) is -8.58. The van der Waals surface area contributed by atoms with Crippen LogP contribution in [0.1, 0.15) is 86.7 Å². The van der Waals surface area contributed by atoms with Crippen molar-refractivity contribution >= 4 is 76.5 Å². The highest BCUT2D eigenvalue weighted by atomic mass is 35.5. The molecule has 4 aromatic rings. The lowest BCUT2D eigenvalue weighted by Gasteiger charge is -2.67. The molecule has 19 heteroatoms. The van der Waals surface area contributed by atoms with Crippen LogP contribution in [0.15, 0.2) is 137 Å². The molecule has 1 amide bonds. The van der Waals surface area contributed by atoms with Crippen LogP contribution in [0.5, 0.6) is 0 Å². The van der Waals surface area contributed by atoms with Crippen LogP contribution in [-0.2, 0) is 52.4 Å². The number of hydrogen-bond donors (Lipinski definition) is 3. The first-order valence-electron chi connectivity index (χ1n) is 23.8. The molecular weight excluding hydrogens is 1020 g/mol. The van der Waals surface area contributed by atoms with Gasteiger partial charge in [0.05, 0.1) is 23.5 Å². The maximum absolute atomic E-state index is 15.9. The van der Waals surface area contributed by atoms with Gasteiger partial charge in [0.15, 0.2) is 11.4 Å². The summed E-state index contributed by atoms with van der Waals surface area (Å²) >= 11 is 12.8. The Morgan fingerprint density at radius 3 is 1.91 bits per heavy atom. The van der Waals surface area contributed by atoms with Gasteiger partial charge in [-0.15, -0.1) is 0 Å². The van der Waals surface area contributed by atoms with Gasteiger partial charge >= 0.3 is 29.8 Å². The van der Waals surface area contributed by atoms with E-state index in [2.05, 4.69) is 5.32 Å². The minimum absolute atomic E-state index is 0.0113. The number of hydrogen-bond acceptors (Lipinski definition) is 16. The number of rotatable bonds is 14. The molecule has 74 heavy (non-hydrogen) atoms. The van der Waals surface area contributed by atoms with E-state index in [4.69, 9.17) is 51.6 Å². The molecule has 1 unspecified atom stereocenters. The van der Waals surface area contributed by atoms with Gasteiger partial charge in [-0.2, -0.15) is 0 Å². The third-order valence-electron chi connectivity index (χ3n) is 15.0. The van der Waals surface area contributed by atoms with Crippen LogP contribution in [0.2, 0.25) is 0 Å². The molecule has 3 aliphatic carbocycles. The zero-order chi connectivity index (χ0) is 53.5. The Morgan fingerprint density at radius 1 is 0.797 bits per heavy atom. The standard InChI is InChI=1S/C55H55Cl2NO15S/c1-30-37(69-50(66)55(73-32(3)60,74-36-25-17-10-18-26-36)43(33-19-11-7-12-20-33)58-47(63)34-21-13-8-14-22-34)28-54(67)45(71-48(64)35-23-15-9-16-24-35)42-52(6,44(62)41(61)40(30)51(54,4)5)38(70-49(65)46(56)57)27-39-53(42,29-68-39)72-31(2)59/h7-26,37-39,41-43,45-46,61,67H,27-29H2,1-6H3,(H,58,63)/t37-,38-,39+,41+,42?,43-,45-,52+,53-,54+,55+/m0/s1. The summed E-state index contributed by atoms with van der Waals surface area (Å²) in [5.41, 5.74) is -8.00. The average molecular weight is 1070 g/mol. The molecule has 4 aliphatic rings. The number of ether oxygens (including phenoxy) is 6. The summed E-state index contributed by atoms with van der Waals surface area (Å²) in [7, 11) is 0. The van der Waals surface area contributed by atoms with Gasteiger partial charge in [0.25, 0.3) is 10.8 Å². The van der Waals surface area contributed by atoms with Gasteiger partial charge in [-0.25, -0.2) is 14.4 Å². The highest BCUT2D eigenvalue weighted by Gasteiger charge is 2.79. The molecular formula is C55H55Cl2NO15S. The predicted molar refractivity (Wildman–Crippen MR) is 268 cm³/mol. The predicted octanol–water partition coefficient (Wildman–Crippen LogP) is 7.21. The van der Waals surface area contributed by atoms with Crippen LogP contribution in [0.25, 0.3) is 0 Å².